The van der Waals surface area contributed by atoms with E-state index in [1.165, 1.54) is 44.9 Å². The van der Waals surface area contributed by atoms with Crippen molar-refractivity contribution in [2.24, 2.45) is 0 Å². The molecule has 0 unspecified atom stereocenters. The van der Waals surface area contributed by atoms with Crippen LogP contribution in [0.5, 0.6) is 0 Å². The summed E-state index contributed by atoms with van der Waals surface area (Å²) in [5.74, 6) is 0. The second-order valence-electron chi connectivity index (χ2n) is 4.95. The summed E-state index contributed by atoms with van der Waals surface area (Å²) in [5, 5.41) is 3.44. The van der Waals surface area contributed by atoms with Crippen molar-refractivity contribution in [3.8, 4) is 0 Å². The van der Waals surface area contributed by atoms with Gasteiger partial charge in [0.15, 0.2) is 0 Å². The van der Waals surface area contributed by atoms with E-state index in [0.717, 1.165) is 13.2 Å². The van der Waals surface area contributed by atoms with Gasteiger partial charge in [-0.3, -0.25) is 0 Å². The molecule has 15 heavy (non-hydrogen) atoms. The maximum absolute atomic E-state index is 5.81. The van der Waals surface area contributed by atoms with Gasteiger partial charge in [-0.15, -0.1) is 0 Å². The van der Waals surface area contributed by atoms with E-state index in [1.807, 2.05) is 0 Å². The molecule has 1 aliphatic carbocycles. The molecule has 0 amide bonds. The summed E-state index contributed by atoms with van der Waals surface area (Å²) in [7, 11) is 0. The lowest BCUT2D eigenvalue weighted by Gasteiger charge is -2.11. The van der Waals surface area contributed by atoms with Crippen LogP contribution in [0.25, 0.3) is 0 Å². The molecular formula is C13H27NO. The standard InChI is InChI=1S/C13H27NO/c1-12(2)14-10-6-3-7-11-15-13-8-4-5-9-13/h12-14H,3-11H2,1-2H3. The fraction of sp³-hybridized carbons (Fsp3) is 1.00. The van der Waals surface area contributed by atoms with Gasteiger partial charge in [0.1, 0.15) is 0 Å². The van der Waals surface area contributed by atoms with E-state index in [-0.39, 0.29) is 0 Å². The van der Waals surface area contributed by atoms with E-state index >= 15 is 0 Å². The Morgan fingerprint density at radius 1 is 1.13 bits per heavy atom. The van der Waals surface area contributed by atoms with E-state index in [0.29, 0.717) is 12.1 Å². The fourth-order valence-corrected chi connectivity index (χ4v) is 2.10. The van der Waals surface area contributed by atoms with Crippen LogP contribution in [0, 0.1) is 0 Å². The molecule has 0 spiro atoms. The lowest BCUT2D eigenvalue weighted by atomic mass is 10.2. The summed E-state index contributed by atoms with van der Waals surface area (Å²) in [6.07, 6.45) is 9.77. The van der Waals surface area contributed by atoms with Crippen LogP contribution in [-0.4, -0.2) is 25.3 Å². The third kappa shape index (κ3) is 6.91. The van der Waals surface area contributed by atoms with Gasteiger partial charge in [0, 0.05) is 12.6 Å². The number of nitrogens with one attached hydrogen (secondary N) is 1. The normalized spacial score (nSPS) is 17.8. The molecule has 0 bridgehead atoms. The van der Waals surface area contributed by atoms with Gasteiger partial charge in [-0.1, -0.05) is 26.7 Å². The Kier molecular flexibility index (Phi) is 7.03. The van der Waals surface area contributed by atoms with Gasteiger partial charge in [-0.05, 0) is 38.6 Å². The van der Waals surface area contributed by atoms with Crippen LogP contribution >= 0.6 is 0 Å². The number of ether oxygens (including phenoxy) is 1. The zero-order valence-corrected chi connectivity index (χ0v) is 10.4. The first-order chi connectivity index (χ1) is 7.29. The summed E-state index contributed by atoms with van der Waals surface area (Å²) in [6.45, 7) is 6.53. The Labute approximate surface area is 94.8 Å². The average molecular weight is 213 g/mol. The Hall–Kier alpha value is -0.0800. The molecule has 0 heterocycles. The molecule has 2 nitrogen and oxygen atoms in total. The molecule has 1 rings (SSSR count). The van der Waals surface area contributed by atoms with Crippen LogP contribution in [0.15, 0.2) is 0 Å². The summed E-state index contributed by atoms with van der Waals surface area (Å²) in [5.41, 5.74) is 0. The van der Waals surface area contributed by atoms with Crippen LogP contribution in [-0.2, 0) is 4.74 Å². The van der Waals surface area contributed by atoms with Gasteiger partial charge in [0.2, 0.25) is 0 Å². The minimum Gasteiger partial charge on any atom is -0.378 e. The maximum atomic E-state index is 5.81. The van der Waals surface area contributed by atoms with Crippen LogP contribution in [0.2, 0.25) is 0 Å². The molecular weight excluding hydrogens is 186 g/mol. The predicted octanol–water partition coefficient (Wildman–Crippen LogP) is 3.11. The van der Waals surface area contributed by atoms with Gasteiger partial charge in [0.05, 0.1) is 6.10 Å². The summed E-state index contributed by atoms with van der Waals surface area (Å²) >= 11 is 0. The second-order valence-corrected chi connectivity index (χ2v) is 4.95. The molecule has 1 N–H and O–H groups in total. The molecule has 0 atom stereocenters. The fourth-order valence-electron chi connectivity index (χ4n) is 2.10. The number of unbranched alkanes of at least 4 members (excludes halogenated alkanes) is 2. The first-order valence-corrected chi connectivity index (χ1v) is 6.64. The zero-order valence-electron chi connectivity index (χ0n) is 10.4. The Morgan fingerprint density at radius 2 is 1.87 bits per heavy atom. The average Bonchev–Trinajstić information content (AvgIpc) is 2.68. The van der Waals surface area contributed by atoms with Crippen LogP contribution in [0.1, 0.15) is 58.8 Å². The third-order valence-electron chi connectivity index (χ3n) is 3.03. The Morgan fingerprint density at radius 3 is 2.53 bits per heavy atom. The van der Waals surface area contributed by atoms with Gasteiger partial charge >= 0.3 is 0 Å². The molecule has 1 saturated carbocycles. The van der Waals surface area contributed by atoms with Crippen molar-refractivity contribution in [3.05, 3.63) is 0 Å². The van der Waals surface area contributed by atoms with E-state index in [4.69, 9.17) is 4.74 Å². The van der Waals surface area contributed by atoms with Crippen molar-refractivity contribution in [3.63, 3.8) is 0 Å². The summed E-state index contributed by atoms with van der Waals surface area (Å²) < 4.78 is 5.81. The van der Waals surface area contributed by atoms with E-state index in [2.05, 4.69) is 19.2 Å². The topological polar surface area (TPSA) is 21.3 Å². The smallest absolute Gasteiger partial charge is 0.0575 e. The number of hydrogen-bond acceptors (Lipinski definition) is 2. The minimum atomic E-state index is 0.596. The maximum Gasteiger partial charge on any atom is 0.0575 e. The van der Waals surface area contributed by atoms with E-state index in [1.54, 1.807) is 0 Å². The van der Waals surface area contributed by atoms with Crippen LogP contribution in [0.4, 0.5) is 0 Å². The first-order valence-electron chi connectivity index (χ1n) is 6.64. The molecule has 0 saturated heterocycles. The van der Waals surface area contributed by atoms with Gasteiger partial charge in [-0.25, -0.2) is 0 Å². The highest BCUT2D eigenvalue weighted by molar-refractivity contribution is 4.66. The molecule has 0 aromatic rings. The van der Waals surface area contributed by atoms with Crippen molar-refractivity contribution < 1.29 is 4.74 Å². The highest BCUT2D eigenvalue weighted by Crippen LogP contribution is 2.20. The van der Waals surface area contributed by atoms with Gasteiger partial charge in [0.25, 0.3) is 0 Å². The second kappa shape index (κ2) is 8.12. The van der Waals surface area contributed by atoms with Crippen molar-refractivity contribution in [2.75, 3.05) is 13.2 Å². The molecule has 1 aliphatic rings. The van der Waals surface area contributed by atoms with E-state index < -0.39 is 0 Å². The Balaban J connectivity index is 1.76. The molecule has 0 radical (unpaired) electrons. The van der Waals surface area contributed by atoms with Crippen molar-refractivity contribution in [2.45, 2.75) is 70.9 Å². The molecule has 1 fully saturated rings. The SMILES string of the molecule is CC(C)NCCCCCOC1CCCC1. The molecule has 0 aromatic carbocycles. The molecule has 0 aliphatic heterocycles. The highest BCUT2D eigenvalue weighted by Gasteiger charge is 2.14. The predicted molar refractivity (Wildman–Crippen MR) is 65.2 cm³/mol. The zero-order chi connectivity index (χ0) is 10.9. The summed E-state index contributed by atoms with van der Waals surface area (Å²) in [4.78, 5) is 0. The lowest BCUT2D eigenvalue weighted by molar-refractivity contribution is 0.0557. The highest BCUT2D eigenvalue weighted by atomic mass is 16.5. The molecule has 0 aromatic heterocycles. The Bertz CT molecular complexity index is 141. The van der Waals surface area contributed by atoms with E-state index in [9.17, 15) is 0 Å². The summed E-state index contributed by atoms with van der Waals surface area (Å²) in [6, 6.07) is 0.625. The number of rotatable bonds is 8. The monoisotopic (exact) mass is 213 g/mol. The van der Waals surface area contributed by atoms with Crippen molar-refractivity contribution in [1.29, 1.82) is 0 Å². The van der Waals surface area contributed by atoms with Gasteiger partial charge < -0.3 is 10.1 Å². The van der Waals surface area contributed by atoms with Crippen LogP contribution < -0.4 is 5.32 Å². The largest absolute Gasteiger partial charge is 0.378 e. The number of hydrogen-bond donors (Lipinski definition) is 1. The van der Waals surface area contributed by atoms with Crippen molar-refractivity contribution in [1.82, 2.24) is 5.32 Å². The van der Waals surface area contributed by atoms with Crippen molar-refractivity contribution >= 4 is 0 Å². The lowest BCUT2D eigenvalue weighted by Crippen LogP contribution is -2.23. The third-order valence-corrected chi connectivity index (χ3v) is 3.03. The quantitative estimate of drug-likeness (QED) is 0.626. The molecule has 90 valence electrons. The van der Waals surface area contributed by atoms with Gasteiger partial charge in [-0.2, -0.15) is 0 Å². The minimum absolute atomic E-state index is 0.596. The first kappa shape index (κ1) is 13.0. The molecule has 2 heteroatoms. The van der Waals surface area contributed by atoms with Crippen LogP contribution in [0.3, 0.4) is 0 Å².